The van der Waals surface area contributed by atoms with Crippen LogP contribution in [0.1, 0.15) is 12.5 Å². The number of fused-ring (bicyclic) bond motifs is 2. The van der Waals surface area contributed by atoms with Crippen LogP contribution in [0.2, 0.25) is 0 Å². The van der Waals surface area contributed by atoms with Crippen LogP contribution in [-0.2, 0) is 6.42 Å². The third kappa shape index (κ3) is 2.93. The van der Waals surface area contributed by atoms with E-state index in [-0.39, 0.29) is 0 Å². The van der Waals surface area contributed by atoms with Crippen molar-refractivity contribution in [2.75, 3.05) is 28.6 Å². The molecular formula is C22H22N6. The van der Waals surface area contributed by atoms with Crippen LogP contribution in [0.3, 0.4) is 0 Å². The van der Waals surface area contributed by atoms with Crippen molar-refractivity contribution >= 4 is 39.9 Å². The normalized spacial score (nSPS) is 13.0. The molecular weight excluding hydrogens is 348 g/mol. The number of aromatic nitrogens is 3. The molecule has 28 heavy (non-hydrogen) atoms. The largest absolute Gasteiger partial charge is 0.382 e. The van der Waals surface area contributed by atoms with Gasteiger partial charge in [0.05, 0.1) is 16.7 Å². The monoisotopic (exact) mass is 370 g/mol. The van der Waals surface area contributed by atoms with E-state index < -0.39 is 0 Å². The number of imidazole rings is 1. The van der Waals surface area contributed by atoms with Crippen molar-refractivity contribution in [3.05, 3.63) is 66.4 Å². The second-order valence-electron chi connectivity index (χ2n) is 6.88. The molecule has 0 spiro atoms. The molecule has 1 aliphatic heterocycles. The molecule has 0 bridgehead atoms. The molecule has 3 N–H and O–H groups in total. The molecule has 1 aliphatic rings. The first-order valence-corrected chi connectivity index (χ1v) is 9.63. The number of aromatic amines is 1. The maximum absolute atomic E-state index is 4.75. The molecule has 4 aromatic rings. The van der Waals surface area contributed by atoms with Gasteiger partial charge in [-0.3, -0.25) is 0 Å². The standard InChI is InChI=1S/C22H22N6/c1-2-23-19-8-5-12-24-21(19)25-16-9-10-20-15(14-16)11-13-28(20)22-26-17-6-3-4-7-18(17)27-22/h3-10,12,14,23H,2,11,13H2,1H3,(H,24,25)(H,26,27). The van der Waals surface area contributed by atoms with Crippen LogP contribution in [0, 0.1) is 0 Å². The molecule has 2 aromatic heterocycles. The summed E-state index contributed by atoms with van der Waals surface area (Å²) in [6.07, 6.45) is 2.80. The molecule has 140 valence electrons. The Bertz CT molecular complexity index is 1100. The highest BCUT2D eigenvalue weighted by Gasteiger charge is 2.23. The number of hydrogen-bond acceptors (Lipinski definition) is 5. The minimum atomic E-state index is 0.844. The summed E-state index contributed by atoms with van der Waals surface area (Å²) in [7, 11) is 0. The number of benzene rings is 2. The number of rotatable bonds is 5. The molecule has 6 heteroatoms. The lowest BCUT2D eigenvalue weighted by Crippen LogP contribution is -2.14. The van der Waals surface area contributed by atoms with Gasteiger partial charge in [0.15, 0.2) is 5.82 Å². The first-order chi connectivity index (χ1) is 13.8. The van der Waals surface area contributed by atoms with E-state index in [1.807, 2.05) is 30.3 Å². The predicted molar refractivity (Wildman–Crippen MR) is 115 cm³/mol. The summed E-state index contributed by atoms with van der Waals surface area (Å²) in [5.41, 5.74) is 6.63. The van der Waals surface area contributed by atoms with E-state index in [2.05, 4.69) is 56.7 Å². The first-order valence-electron chi connectivity index (χ1n) is 9.63. The number of pyridine rings is 1. The first kappa shape index (κ1) is 16.6. The van der Waals surface area contributed by atoms with Crippen molar-refractivity contribution in [2.24, 2.45) is 0 Å². The lowest BCUT2D eigenvalue weighted by molar-refractivity contribution is 0.962. The molecule has 0 fully saturated rings. The van der Waals surface area contributed by atoms with Gasteiger partial charge in [0, 0.05) is 30.7 Å². The fourth-order valence-corrected chi connectivity index (χ4v) is 3.74. The number of para-hydroxylation sites is 2. The van der Waals surface area contributed by atoms with Crippen molar-refractivity contribution in [1.82, 2.24) is 15.0 Å². The van der Waals surface area contributed by atoms with Gasteiger partial charge in [-0.2, -0.15) is 0 Å². The third-order valence-corrected chi connectivity index (χ3v) is 5.05. The van der Waals surface area contributed by atoms with Crippen LogP contribution in [0.4, 0.5) is 28.8 Å². The second-order valence-corrected chi connectivity index (χ2v) is 6.88. The number of H-pyrrole nitrogens is 1. The summed E-state index contributed by atoms with van der Waals surface area (Å²) in [5, 5.41) is 6.79. The Kier molecular flexibility index (Phi) is 4.09. The number of anilines is 5. The average Bonchev–Trinajstić information content (AvgIpc) is 3.33. The van der Waals surface area contributed by atoms with Gasteiger partial charge in [-0.1, -0.05) is 12.1 Å². The SMILES string of the molecule is CCNc1cccnc1Nc1ccc2c(c1)CCN2c1nc2ccccc2[nH]1. The maximum atomic E-state index is 4.75. The molecule has 0 atom stereocenters. The van der Waals surface area contributed by atoms with Gasteiger partial charge in [-0.25, -0.2) is 9.97 Å². The van der Waals surface area contributed by atoms with E-state index in [4.69, 9.17) is 4.98 Å². The number of hydrogen-bond donors (Lipinski definition) is 3. The Morgan fingerprint density at radius 2 is 2.04 bits per heavy atom. The Morgan fingerprint density at radius 1 is 1.11 bits per heavy atom. The van der Waals surface area contributed by atoms with Crippen molar-refractivity contribution < 1.29 is 0 Å². The van der Waals surface area contributed by atoms with Gasteiger partial charge in [0.1, 0.15) is 0 Å². The Morgan fingerprint density at radius 3 is 2.93 bits per heavy atom. The second kappa shape index (κ2) is 6.88. The zero-order chi connectivity index (χ0) is 18.9. The Balaban J connectivity index is 1.43. The highest BCUT2D eigenvalue weighted by Crippen LogP contribution is 2.36. The van der Waals surface area contributed by atoms with E-state index >= 15 is 0 Å². The zero-order valence-electron chi connectivity index (χ0n) is 15.7. The highest BCUT2D eigenvalue weighted by molar-refractivity contribution is 5.80. The average molecular weight is 370 g/mol. The number of nitrogens with one attached hydrogen (secondary N) is 3. The third-order valence-electron chi connectivity index (χ3n) is 5.05. The molecule has 0 saturated heterocycles. The zero-order valence-corrected chi connectivity index (χ0v) is 15.7. The van der Waals surface area contributed by atoms with Crippen LogP contribution in [-0.4, -0.2) is 28.0 Å². The molecule has 0 amide bonds. The van der Waals surface area contributed by atoms with Crippen LogP contribution in [0.5, 0.6) is 0 Å². The van der Waals surface area contributed by atoms with Gasteiger partial charge >= 0.3 is 0 Å². The molecule has 3 heterocycles. The van der Waals surface area contributed by atoms with E-state index in [1.54, 1.807) is 6.20 Å². The quantitative estimate of drug-likeness (QED) is 0.470. The van der Waals surface area contributed by atoms with Crippen LogP contribution < -0.4 is 15.5 Å². The summed E-state index contributed by atoms with van der Waals surface area (Å²) in [4.78, 5) is 14.9. The topological polar surface area (TPSA) is 68.9 Å². The molecule has 0 unspecified atom stereocenters. The Labute approximate surface area is 163 Å². The van der Waals surface area contributed by atoms with Gasteiger partial charge in [0.25, 0.3) is 0 Å². The van der Waals surface area contributed by atoms with Crippen molar-refractivity contribution in [2.45, 2.75) is 13.3 Å². The molecule has 0 saturated carbocycles. The minimum Gasteiger partial charge on any atom is -0.382 e. The fourth-order valence-electron chi connectivity index (χ4n) is 3.74. The summed E-state index contributed by atoms with van der Waals surface area (Å²) in [6.45, 7) is 3.86. The summed E-state index contributed by atoms with van der Waals surface area (Å²) in [5.74, 6) is 1.75. The molecule has 6 nitrogen and oxygen atoms in total. The molecule has 0 radical (unpaired) electrons. The fraction of sp³-hybridized carbons (Fsp3) is 0.182. The van der Waals surface area contributed by atoms with Crippen molar-refractivity contribution in [3.8, 4) is 0 Å². The smallest absolute Gasteiger partial charge is 0.208 e. The van der Waals surface area contributed by atoms with Crippen molar-refractivity contribution in [3.63, 3.8) is 0 Å². The van der Waals surface area contributed by atoms with E-state index in [0.29, 0.717) is 0 Å². The lowest BCUT2D eigenvalue weighted by atomic mass is 10.1. The highest BCUT2D eigenvalue weighted by atomic mass is 15.3. The van der Waals surface area contributed by atoms with Crippen molar-refractivity contribution in [1.29, 1.82) is 0 Å². The van der Waals surface area contributed by atoms with E-state index in [9.17, 15) is 0 Å². The Hall–Kier alpha value is -3.54. The molecule has 5 rings (SSSR count). The summed E-state index contributed by atoms with van der Waals surface area (Å²) < 4.78 is 0. The minimum absolute atomic E-state index is 0.844. The summed E-state index contributed by atoms with van der Waals surface area (Å²) >= 11 is 0. The van der Waals surface area contributed by atoms with Crippen LogP contribution >= 0.6 is 0 Å². The molecule has 0 aliphatic carbocycles. The number of nitrogens with zero attached hydrogens (tertiary/aromatic N) is 3. The molecule has 2 aromatic carbocycles. The summed E-state index contributed by atoms with van der Waals surface area (Å²) in [6, 6.07) is 18.6. The van der Waals surface area contributed by atoms with Crippen LogP contribution in [0.15, 0.2) is 60.8 Å². The van der Waals surface area contributed by atoms with Gasteiger partial charge < -0.3 is 20.5 Å². The van der Waals surface area contributed by atoms with Gasteiger partial charge in [0.2, 0.25) is 5.95 Å². The van der Waals surface area contributed by atoms with Gasteiger partial charge in [-0.05, 0) is 61.4 Å². The maximum Gasteiger partial charge on any atom is 0.208 e. The van der Waals surface area contributed by atoms with Gasteiger partial charge in [-0.15, -0.1) is 0 Å². The van der Waals surface area contributed by atoms with Crippen LogP contribution in [0.25, 0.3) is 11.0 Å². The predicted octanol–water partition coefficient (Wildman–Crippen LogP) is 4.83. The van der Waals surface area contributed by atoms with E-state index in [1.165, 1.54) is 11.3 Å². The van der Waals surface area contributed by atoms with E-state index in [0.717, 1.165) is 53.7 Å². The lowest BCUT2D eigenvalue weighted by Gasteiger charge is -2.17.